The Bertz CT molecular complexity index is 985. The van der Waals surface area contributed by atoms with Crippen LogP contribution in [-0.2, 0) is 20.9 Å². The molecule has 2 heterocycles. The fourth-order valence-corrected chi connectivity index (χ4v) is 4.21. The average Bonchev–Trinajstić information content (AvgIpc) is 3.06. The highest BCUT2D eigenvalue weighted by molar-refractivity contribution is 6.35. The van der Waals surface area contributed by atoms with Crippen molar-refractivity contribution in [3.05, 3.63) is 77.2 Å². The van der Waals surface area contributed by atoms with Crippen LogP contribution >= 0.6 is 0 Å². The molecule has 2 amide bonds. The van der Waals surface area contributed by atoms with Crippen molar-refractivity contribution >= 4 is 17.4 Å². The van der Waals surface area contributed by atoms with Gasteiger partial charge in [0.25, 0.3) is 11.8 Å². The second kappa shape index (κ2) is 10.1. The lowest BCUT2D eigenvalue weighted by Crippen LogP contribution is -2.39. The van der Waals surface area contributed by atoms with Gasteiger partial charge in [0.2, 0.25) is 0 Å². The van der Waals surface area contributed by atoms with Crippen molar-refractivity contribution in [3.8, 4) is 0 Å². The van der Waals surface area contributed by atoms with Crippen LogP contribution in [0.1, 0.15) is 17.5 Å². The number of halogens is 1. The molecular weight excluding hydrogens is 409 g/mol. The standard InChI is InChI=1S/C25H28FN3O3/c1-27(18-19-6-3-2-4-7-19)23-22(20-8-10-21(26)11-9-20)24(30)29(25(23)31)13-5-12-28-14-16-32-17-15-28/h2-4,6-11H,5,12-18H2,1H3. The smallest absolute Gasteiger partial charge is 0.277 e. The zero-order valence-electron chi connectivity index (χ0n) is 18.3. The highest BCUT2D eigenvalue weighted by Gasteiger charge is 2.40. The second-order valence-electron chi connectivity index (χ2n) is 8.14. The summed E-state index contributed by atoms with van der Waals surface area (Å²) in [5, 5.41) is 0. The molecule has 0 saturated carbocycles. The summed E-state index contributed by atoms with van der Waals surface area (Å²) in [5.74, 6) is -0.999. The number of likely N-dealkylation sites (N-methyl/N-ethyl adjacent to an activating group) is 1. The molecule has 2 aliphatic rings. The van der Waals surface area contributed by atoms with Crippen LogP contribution in [-0.4, -0.2) is 73.0 Å². The maximum absolute atomic E-state index is 13.5. The summed E-state index contributed by atoms with van der Waals surface area (Å²) in [6, 6.07) is 15.5. The number of rotatable bonds is 8. The molecule has 7 heteroatoms. The summed E-state index contributed by atoms with van der Waals surface area (Å²) in [6.07, 6.45) is 0.698. The summed E-state index contributed by atoms with van der Waals surface area (Å²) in [6.45, 7) is 4.81. The van der Waals surface area contributed by atoms with Crippen LogP contribution in [0.2, 0.25) is 0 Å². The first-order valence-corrected chi connectivity index (χ1v) is 11.0. The third-order valence-corrected chi connectivity index (χ3v) is 5.88. The summed E-state index contributed by atoms with van der Waals surface area (Å²) < 4.78 is 18.9. The topological polar surface area (TPSA) is 53.1 Å². The van der Waals surface area contributed by atoms with E-state index in [0.717, 1.165) is 25.2 Å². The van der Waals surface area contributed by atoms with Gasteiger partial charge in [-0.1, -0.05) is 42.5 Å². The fourth-order valence-electron chi connectivity index (χ4n) is 4.21. The molecule has 0 radical (unpaired) electrons. The molecule has 32 heavy (non-hydrogen) atoms. The highest BCUT2D eigenvalue weighted by atomic mass is 19.1. The van der Waals surface area contributed by atoms with Gasteiger partial charge in [0.1, 0.15) is 11.5 Å². The zero-order chi connectivity index (χ0) is 22.5. The molecule has 4 rings (SSSR count). The molecule has 168 valence electrons. The van der Waals surface area contributed by atoms with Crippen LogP contribution in [0.5, 0.6) is 0 Å². The van der Waals surface area contributed by atoms with E-state index in [9.17, 15) is 14.0 Å². The van der Waals surface area contributed by atoms with E-state index in [1.165, 1.54) is 17.0 Å². The lowest BCUT2D eigenvalue weighted by atomic mass is 10.0. The summed E-state index contributed by atoms with van der Waals surface area (Å²) in [5.41, 5.74) is 2.28. The predicted octanol–water partition coefficient (Wildman–Crippen LogP) is 2.76. The molecule has 0 N–H and O–H groups in total. The van der Waals surface area contributed by atoms with Crippen molar-refractivity contribution < 1.29 is 18.7 Å². The minimum Gasteiger partial charge on any atom is -0.379 e. The first kappa shape index (κ1) is 22.2. The van der Waals surface area contributed by atoms with Gasteiger partial charge >= 0.3 is 0 Å². The third kappa shape index (κ3) is 4.89. The number of carbonyl (C=O) groups excluding carboxylic acids is 2. The molecule has 0 spiro atoms. The molecule has 1 fully saturated rings. The molecule has 0 aliphatic carbocycles. The van der Waals surface area contributed by atoms with E-state index in [-0.39, 0.29) is 17.6 Å². The number of benzene rings is 2. The van der Waals surface area contributed by atoms with Gasteiger partial charge in [-0.15, -0.1) is 0 Å². The maximum Gasteiger partial charge on any atom is 0.277 e. The first-order chi connectivity index (χ1) is 15.5. The largest absolute Gasteiger partial charge is 0.379 e. The van der Waals surface area contributed by atoms with Gasteiger partial charge in [-0.25, -0.2) is 4.39 Å². The SMILES string of the molecule is CN(Cc1ccccc1)C1=C(c2ccc(F)cc2)C(=O)N(CCCN2CCOCC2)C1=O. The molecule has 2 aliphatic heterocycles. The van der Waals surface area contributed by atoms with Crippen LogP contribution in [0.25, 0.3) is 5.57 Å². The van der Waals surface area contributed by atoms with Crippen molar-refractivity contribution in [1.29, 1.82) is 0 Å². The number of hydrogen-bond acceptors (Lipinski definition) is 5. The number of morpholine rings is 1. The van der Waals surface area contributed by atoms with Gasteiger partial charge in [-0.05, 0) is 29.7 Å². The van der Waals surface area contributed by atoms with E-state index >= 15 is 0 Å². The van der Waals surface area contributed by atoms with Crippen molar-refractivity contribution in [2.24, 2.45) is 0 Å². The van der Waals surface area contributed by atoms with Crippen LogP contribution in [0.3, 0.4) is 0 Å². The first-order valence-electron chi connectivity index (χ1n) is 11.0. The summed E-state index contributed by atoms with van der Waals surface area (Å²) >= 11 is 0. The summed E-state index contributed by atoms with van der Waals surface area (Å²) in [7, 11) is 1.81. The molecule has 6 nitrogen and oxygen atoms in total. The molecule has 0 bridgehead atoms. The van der Waals surface area contributed by atoms with Crippen molar-refractivity contribution in [2.75, 3.05) is 46.4 Å². The quantitative estimate of drug-likeness (QED) is 0.595. The Morgan fingerprint density at radius 1 is 0.938 bits per heavy atom. The van der Waals surface area contributed by atoms with Crippen LogP contribution in [0.4, 0.5) is 4.39 Å². The van der Waals surface area contributed by atoms with Gasteiger partial charge in [-0.3, -0.25) is 19.4 Å². The lowest BCUT2D eigenvalue weighted by Gasteiger charge is -2.27. The van der Waals surface area contributed by atoms with E-state index in [1.807, 2.05) is 42.3 Å². The van der Waals surface area contributed by atoms with Crippen molar-refractivity contribution in [3.63, 3.8) is 0 Å². The van der Waals surface area contributed by atoms with Gasteiger partial charge in [0.05, 0.1) is 18.8 Å². The minimum absolute atomic E-state index is 0.297. The van der Waals surface area contributed by atoms with Crippen LogP contribution < -0.4 is 0 Å². The lowest BCUT2D eigenvalue weighted by molar-refractivity contribution is -0.137. The van der Waals surface area contributed by atoms with Gasteiger partial charge < -0.3 is 9.64 Å². The maximum atomic E-state index is 13.5. The molecule has 2 aromatic rings. The zero-order valence-corrected chi connectivity index (χ0v) is 18.3. The second-order valence-corrected chi connectivity index (χ2v) is 8.14. The van der Waals surface area contributed by atoms with Crippen molar-refractivity contribution in [2.45, 2.75) is 13.0 Å². The monoisotopic (exact) mass is 437 g/mol. The third-order valence-electron chi connectivity index (χ3n) is 5.88. The van der Waals surface area contributed by atoms with Gasteiger partial charge in [0.15, 0.2) is 0 Å². The van der Waals surface area contributed by atoms with E-state index < -0.39 is 0 Å². The van der Waals surface area contributed by atoms with E-state index in [2.05, 4.69) is 4.90 Å². The Balaban J connectivity index is 1.55. The van der Waals surface area contributed by atoms with Gasteiger partial charge in [0, 0.05) is 39.8 Å². The summed E-state index contributed by atoms with van der Waals surface area (Å²) in [4.78, 5) is 32.2. The van der Waals surface area contributed by atoms with Crippen molar-refractivity contribution in [1.82, 2.24) is 14.7 Å². The number of carbonyl (C=O) groups is 2. The molecule has 2 aromatic carbocycles. The average molecular weight is 438 g/mol. The normalized spacial score (nSPS) is 17.4. The Labute approximate surface area is 187 Å². The fraction of sp³-hybridized carbons (Fsp3) is 0.360. The predicted molar refractivity (Wildman–Crippen MR) is 120 cm³/mol. The van der Waals surface area contributed by atoms with E-state index in [4.69, 9.17) is 4.74 Å². The number of imide groups is 1. The molecule has 0 aromatic heterocycles. The Morgan fingerprint density at radius 2 is 1.62 bits per heavy atom. The Morgan fingerprint density at radius 3 is 2.31 bits per heavy atom. The van der Waals surface area contributed by atoms with Gasteiger partial charge in [-0.2, -0.15) is 0 Å². The van der Waals surface area contributed by atoms with Crippen LogP contribution in [0.15, 0.2) is 60.3 Å². The number of hydrogen-bond donors (Lipinski definition) is 0. The number of nitrogens with zero attached hydrogens (tertiary/aromatic N) is 3. The van der Waals surface area contributed by atoms with Crippen LogP contribution in [0, 0.1) is 5.82 Å². The molecule has 0 atom stereocenters. The Kier molecular flexibility index (Phi) is 6.97. The Hall–Kier alpha value is -3.03. The number of amides is 2. The molecule has 1 saturated heterocycles. The molecular formula is C25H28FN3O3. The molecule has 0 unspecified atom stereocenters. The number of ether oxygens (including phenoxy) is 1. The van der Waals surface area contributed by atoms with E-state index in [1.54, 1.807) is 12.1 Å². The minimum atomic E-state index is -0.382. The van der Waals surface area contributed by atoms with E-state index in [0.29, 0.717) is 49.6 Å². The highest BCUT2D eigenvalue weighted by Crippen LogP contribution is 2.32.